The monoisotopic (exact) mass is 257 g/mol. The van der Waals surface area contributed by atoms with Gasteiger partial charge in [0.05, 0.1) is 14.2 Å². The van der Waals surface area contributed by atoms with Gasteiger partial charge in [0.25, 0.3) is 0 Å². The van der Waals surface area contributed by atoms with E-state index in [2.05, 4.69) is 31.3 Å². The molecule has 0 saturated carbocycles. The van der Waals surface area contributed by atoms with Gasteiger partial charge < -0.3 is 14.8 Å². The molecule has 0 fully saturated rings. The van der Waals surface area contributed by atoms with Crippen molar-refractivity contribution in [2.24, 2.45) is 0 Å². The van der Waals surface area contributed by atoms with Crippen LogP contribution in [0.15, 0.2) is 12.1 Å². The summed E-state index contributed by atoms with van der Waals surface area (Å²) in [5.74, 6) is 1.63. The Labute approximate surface area is 109 Å². The number of ether oxygens (including phenoxy) is 2. The first-order valence-corrected chi connectivity index (χ1v) is 5.54. The number of nitrogens with one attached hydrogen (secondary N) is 1. The molecule has 0 unspecified atom stereocenters. The maximum absolute atomic E-state index is 5.33. The molecule has 0 bridgehead atoms. The molecule has 0 saturated heterocycles. The van der Waals surface area contributed by atoms with Crippen molar-refractivity contribution in [3.8, 4) is 11.5 Å². The quantitative estimate of drug-likeness (QED) is 0.883. The van der Waals surface area contributed by atoms with Gasteiger partial charge >= 0.3 is 0 Å². The minimum absolute atomic E-state index is 0. The van der Waals surface area contributed by atoms with E-state index in [1.165, 1.54) is 11.1 Å². The molecule has 1 aromatic rings. The highest BCUT2D eigenvalue weighted by Crippen LogP contribution is 2.34. The zero-order valence-corrected chi connectivity index (χ0v) is 11.6. The molecule has 0 aliphatic carbocycles. The Morgan fingerprint density at radius 2 is 1.59 bits per heavy atom. The molecule has 96 valence electrons. The van der Waals surface area contributed by atoms with Crippen LogP contribution < -0.4 is 14.8 Å². The number of fused-ring (bicyclic) bond motifs is 1. The predicted octanol–water partition coefficient (Wildman–Crippen LogP) is 2.55. The molecular weight excluding hydrogens is 238 g/mol. The van der Waals surface area contributed by atoms with Gasteiger partial charge in [0, 0.05) is 12.1 Å². The Morgan fingerprint density at radius 1 is 1.06 bits per heavy atom. The van der Waals surface area contributed by atoms with Crippen LogP contribution in [0, 0.1) is 0 Å². The van der Waals surface area contributed by atoms with Crippen LogP contribution in [0.5, 0.6) is 11.5 Å². The highest BCUT2D eigenvalue weighted by molar-refractivity contribution is 5.85. The molecule has 0 amide bonds. The first-order valence-electron chi connectivity index (χ1n) is 5.54. The van der Waals surface area contributed by atoms with Crippen LogP contribution in [0.25, 0.3) is 0 Å². The van der Waals surface area contributed by atoms with Crippen molar-refractivity contribution in [2.75, 3.05) is 14.2 Å². The molecule has 0 aromatic heterocycles. The Balaban J connectivity index is 0.00000144. The Bertz CT molecular complexity index is 405. The summed E-state index contributed by atoms with van der Waals surface area (Å²) in [4.78, 5) is 0. The molecule has 4 heteroatoms. The summed E-state index contributed by atoms with van der Waals surface area (Å²) >= 11 is 0. The number of hydrogen-bond acceptors (Lipinski definition) is 3. The van der Waals surface area contributed by atoms with Gasteiger partial charge in [0.2, 0.25) is 0 Å². The van der Waals surface area contributed by atoms with Crippen LogP contribution >= 0.6 is 12.4 Å². The fourth-order valence-electron chi connectivity index (χ4n) is 2.17. The van der Waals surface area contributed by atoms with E-state index < -0.39 is 0 Å². The Morgan fingerprint density at radius 3 is 2.12 bits per heavy atom. The second-order valence-electron chi connectivity index (χ2n) is 4.89. The minimum atomic E-state index is 0. The smallest absolute Gasteiger partial charge is 0.161 e. The second kappa shape index (κ2) is 5.15. The molecule has 17 heavy (non-hydrogen) atoms. The molecule has 1 aromatic carbocycles. The molecule has 0 radical (unpaired) electrons. The third kappa shape index (κ3) is 2.85. The number of methoxy groups -OCH3 is 2. The summed E-state index contributed by atoms with van der Waals surface area (Å²) in [5, 5.41) is 3.51. The molecule has 0 atom stereocenters. The lowest BCUT2D eigenvalue weighted by Crippen LogP contribution is -2.44. The van der Waals surface area contributed by atoms with Gasteiger partial charge in [-0.15, -0.1) is 12.4 Å². The van der Waals surface area contributed by atoms with E-state index in [1.54, 1.807) is 14.2 Å². The molecule has 1 aliphatic rings. The fraction of sp³-hybridized carbons (Fsp3) is 0.538. The highest BCUT2D eigenvalue weighted by Gasteiger charge is 2.25. The van der Waals surface area contributed by atoms with E-state index in [1.807, 2.05) is 0 Å². The van der Waals surface area contributed by atoms with Crippen molar-refractivity contribution in [1.29, 1.82) is 0 Å². The maximum Gasteiger partial charge on any atom is 0.161 e. The molecule has 0 spiro atoms. The number of halogens is 1. The van der Waals surface area contributed by atoms with Gasteiger partial charge in [0.1, 0.15) is 0 Å². The number of benzene rings is 1. The van der Waals surface area contributed by atoms with Gasteiger partial charge in [-0.1, -0.05) is 0 Å². The third-order valence-corrected chi connectivity index (χ3v) is 3.10. The van der Waals surface area contributed by atoms with Crippen LogP contribution in [0.2, 0.25) is 0 Å². The van der Waals surface area contributed by atoms with Crippen LogP contribution in [0.4, 0.5) is 0 Å². The molecule has 3 nitrogen and oxygen atoms in total. The largest absolute Gasteiger partial charge is 0.493 e. The molecular formula is C13H20ClNO2. The van der Waals surface area contributed by atoms with Gasteiger partial charge in [0.15, 0.2) is 11.5 Å². The van der Waals surface area contributed by atoms with E-state index in [9.17, 15) is 0 Å². The summed E-state index contributed by atoms with van der Waals surface area (Å²) in [7, 11) is 3.35. The van der Waals surface area contributed by atoms with E-state index >= 15 is 0 Å². The summed E-state index contributed by atoms with van der Waals surface area (Å²) in [5.41, 5.74) is 2.81. The molecule has 1 N–H and O–H groups in total. The summed E-state index contributed by atoms with van der Waals surface area (Å²) < 4.78 is 10.6. The normalized spacial score (nSPS) is 16.7. The second-order valence-corrected chi connectivity index (χ2v) is 4.89. The van der Waals surface area contributed by atoms with Crippen molar-refractivity contribution in [3.63, 3.8) is 0 Å². The van der Waals surface area contributed by atoms with Crippen molar-refractivity contribution in [2.45, 2.75) is 32.4 Å². The van der Waals surface area contributed by atoms with Crippen molar-refractivity contribution >= 4 is 12.4 Å². The first-order chi connectivity index (χ1) is 7.55. The minimum Gasteiger partial charge on any atom is -0.493 e. The number of hydrogen-bond donors (Lipinski definition) is 1. The Hall–Kier alpha value is -0.930. The van der Waals surface area contributed by atoms with Crippen LogP contribution in [-0.4, -0.2) is 19.8 Å². The number of rotatable bonds is 2. The van der Waals surface area contributed by atoms with Crippen LogP contribution in [0.3, 0.4) is 0 Å². The summed E-state index contributed by atoms with van der Waals surface area (Å²) in [6, 6.07) is 4.16. The van der Waals surface area contributed by atoms with Crippen molar-refractivity contribution in [1.82, 2.24) is 5.32 Å². The van der Waals surface area contributed by atoms with E-state index in [0.29, 0.717) is 0 Å². The van der Waals surface area contributed by atoms with Gasteiger partial charge in [-0.05, 0) is 43.5 Å². The molecule has 1 heterocycles. The SMILES string of the molecule is COc1cc2c(cc1OC)CC(C)(C)NC2.Cl. The van der Waals surface area contributed by atoms with E-state index in [4.69, 9.17) is 9.47 Å². The van der Waals surface area contributed by atoms with Crippen LogP contribution in [-0.2, 0) is 13.0 Å². The standard InChI is InChI=1S/C13H19NO2.ClH/c1-13(2)7-9-5-11(15-3)12(16-4)6-10(9)8-14-13;/h5-6,14H,7-8H2,1-4H3;1H. The maximum atomic E-state index is 5.33. The lowest BCUT2D eigenvalue weighted by Gasteiger charge is -2.33. The topological polar surface area (TPSA) is 30.5 Å². The third-order valence-electron chi connectivity index (χ3n) is 3.10. The Kier molecular flexibility index (Phi) is 4.28. The van der Waals surface area contributed by atoms with Crippen LogP contribution in [0.1, 0.15) is 25.0 Å². The summed E-state index contributed by atoms with van der Waals surface area (Å²) in [6.07, 6.45) is 1.02. The van der Waals surface area contributed by atoms with E-state index in [-0.39, 0.29) is 17.9 Å². The zero-order valence-electron chi connectivity index (χ0n) is 10.8. The van der Waals surface area contributed by atoms with E-state index in [0.717, 1.165) is 24.5 Å². The van der Waals surface area contributed by atoms with Gasteiger partial charge in [-0.3, -0.25) is 0 Å². The molecule has 2 rings (SSSR count). The van der Waals surface area contributed by atoms with Crippen molar-refractivity contribution in [3.05, 3.63) is 23.3 Å². The molecule has 1 aliphatic heterocycles. The van der Waals surface area contributed by atoms with Gasteiger partial charge in [-0.2, -0.15) is 0 Å². The van der Waals surface area contributed by atoms with Crippen molar-refractivity contribution < 1.29 is 9.47 Å². The average Bonchev–Trinajstić information content (AvgIpc) is 2.26. The zero-order chi connectivity index (χ0) is 11.8. The average molecular weight is 258 g/mol. The fourth-order valence-corrected chi connectivity index (χ4v) is 2.17. The van der Waals surface area contributed by atoms with Gasteiger partial charge in [-0.25, -0.2) is 0 Å². The lowest BCUT2D eigenvalue weighted by atomic mass is 9.87. The lowest BCUT2D eigenvalue weighted by molar-refractivity contribution is 0.341. The highest BCUT2D eigenvalue weighted by atomic mass is 35.5. The first kappa shape index (κ1) is 14.1. The predicted molar refractivity (Wildman–Crippen MR) is 71.4 cm³/mol. The summed E-state index contributed by atoms with van der Waals surface area (Å²) in [6.45, 7) is 5.32.